The molecule has 166 valence electrons. The van der Waals surface area contributed by atoms with Gasteiger partial charge in [0, 0.05) is 0 Å². The number of aromatic nitrogens is 2. The topological polar surface area (TPSA) is 76.3 Å². The molecule has 0 saturated heterocycles. The Balaban J connectivity index is 1.57. The van der Waals surface area contributed by atoms with E-state index in [0.717, 1.165) is 17.3 Å². The van der Waals surface area contributed by atoms with Crippen LogP contribution in [0.2, 0.25) is 0 Å². The molecule has 0 atom stereocenters. The second kappa shape index (κ2) is 9.79. The minimum absolute atomic E-state index is 0.0108. The van der Waals surface area contributed by atoms with E-state index in [9.17, 15) is 14.0 Å². The highest BCUT2D eigenvalue weighted by molar-refractivity contribution is 7.99. The van der Waals surface area contributed by atoms with Gasteiger partial charge < -0.3 is 0 Å². The molecule has 1 N–H and O–H groups in total. The number of aryl methyl sites for hydroxylation is 1. The average molecular weight is 461 g/mol. The lowest BCUT2D eigenvalue weighted by atomic mass is 10.1. The van der Waals surface area contributed by atoms with Crippen LogP contribution < -0.4 is 11.0 Å². The summed E-state index contributed by atoms with van der Waals surface area (Å²) >= 11 is 1.15. The van der Waals surface area contributed by atoms with E-state index in [0.29, 0.717) is 33.0 Å². The summed E-state index contributed by atoms with van der Waals surface area (Å²) < 4.78 is 14.6. The number of para-hydroxylation sites is 1. The quantitative estimate of drug-likeness (QED) is 0.199. The number of nitrogens with one attached hydrogen (secondary N) is 1. The summed E-state index contributed by atoms with van der Waals surface area (Å²) in [5.74, 6) is -0.676. The molecule has 8 heteroatoms. The molecule has 0 aliphatic rings. The molecule has 4 rings (SSSR count). The number of fused-ring (bicyclic) bond motifs is 1. The van der Waals surface area contributed by atoms with Crippen LogP contribution in [0.1, 0.15) is 18.1 Å². The number of halogens is 1. The lowest BCUT2D eigenvalue weighted by Gasteiger charge is -2.13. The van der Waals surface area contributed by atoms with E-state index < -0.39 is 0 Å². The highest BCUT2D eigenvalue weighted by atomic mass is 32.2. The van der Waals surface area contributed by atoms with Gasteiger partial charge in [-0.2, -0.15) is 5.10 Å². The van der Waals surface area contributed by atoms with Crippen LogP contribution in [0.5, 0.6) is 0 Å². The lowest BCUT2D eigenvalue weighted by Crippen LogP contribution is -2.24. The van der Waals surface area contributed by atoms with Crippen molar-refractivity contribution in [2.45, 2.75) is 19.0 Å². The molecule has 0 saturated carbocycles. The molecule has 1 aromatic heterocycles. The van der Waals surface area contributed by atoms with Gasteiger partial charge >= 0.3 is 0 Å². The van der Waals surface area contributed by atoms with E-state index in [1.807, 2.05) is 37.3 Å². The molecule has 3 aromatic carbocycles. The third kappa shape index (κ3) is 5.18. The Bertz CT molecular complexity index is 1400. The van der Waals surface area contributed by atoms with Gasteiger partial charge in [0.2, 0.25) is 0 Å². The predicted molar refractivity (Wildman–Crippen MR) is 130 cm³/mol. The molecule has 0 unspecified atom stereocenters. The van der Waals surface area contributed by atoms with Gasteiger partial charge in [-0.1, -0.05) is 53.7 Å². The van der Waals surface area contributed by atoms with Crippen molar-refractivity contribution in [3.05, 3.63) is 100 Å². The van der Waals surface area contributed by atoms with Crippen LogP contribution in [0, 0.1) is 12.7 Å². The third-order valence-electron chi connectivity index (χ3n) is 4.98. The fourth-order valence-corrected chi connectivity index (χ4v) is 4.00. The van der Waals surface area contributed by atoms with E-state index in [4.69, 9.17) is 0 Å². The first-order chi connectivity index (χ1) is 15.9. The van der Waals surface area contributed by atoms with Gasteiger partial charge in [0.25, 0.3) is 11.5 Å². The Hall–Kier alpha value is -3.78. The number of nitrogens with zero attached hydrogens (tertiary/aromatic N) is 3. The van der Waals surface area contributed by atoms with Crippen LogP contribution in [-0.2, 0) is 4.79 Å². The summed E-state index contributed by atoms with van der Waals surface area (Å²) in [4.78, 5) is 30.3. The molecule has 0 spiro atoms. The summed E-state index contributed by atoms with van der Waals surface area (Å²) in [6, 6.07) is 20.5. The molecule has 1 heterocycles. The first-order valence-corrected chi connectivity index (χ1v) is 11.2. The van der Waals surface area contributed by atoms with E-state index in [2.05, 4.69) is 15.5 Å². The van der Waals surface area contributed by atoms with E-state index in [1.165, 1.54) is 16.7 Å². The molecule has 33 heavy (non-hydrogen) atoms. The van der Waals surface area contributed by atoms with Crippen molar-refractivity contribution < 1.29 is 9.18 Å². The fraction of sp³-hybridized carbons (Fsp3) is 0.120. The molecular weight excluding hydrogens is 439 g/mol. The highest BCUT2D eigenvalue weighted by Crippen LogP contribution is 2.21. The normalized spacial score (nSPS) is 11.5. The summed E-state index contributed by atoms with van der Waals surface area (Å²) in [5.41, 5.74) is 5.88. The fourth-order valence-electron chi connectivity index (χ4n) is 3.19. The van der Waals surface area contributed by atoms with Gasteiger partial charge in [-0.15, -0.1) is 0 Å². The first kappa shape index (κ1) is 22.4. The minimum Gasteiger partial charge on any atom is -0.272 e. The van der Waals surface area contributed by atoms with Crippen molar-refractivity contribution in [3.63, 3.8) is 0 Å². The second-order valence-electron chi connectivity index (χ2n) is 7.42. The lowest BCUT2D eigenvalue weighted by molar-refractivity contribution is -0.118. The maximum Gasteiger partial charge on any atom is 0.266 e. The van der Waals surface area contributed by atoms with Crippen LogP contribution in [-0.4, -0.2) is 26.9 Å². The molecule has 0 aliphatic carbocycles. The zero-order chi connectivity index (χ0) is 23.4. The molecule has 0 fully saturated rings. The Morgan fingerprint density at radius 3 is 2.48 bits per heavy atom. The number of hydrazone groups is 1. The monoisotopic (exact) mass is 460 g/mol. The molecule has 4 aromatic rings. The Morgan fingerprint density at radius 2 is 1.76 bits per heavy atom. The molecule has 6 nitrogen and oxygen atoms in total. The van der Waals surface area contributed by atoms with Crippen LogP contribution in [0.25, 0.3) is 16.6 Å². The van der Waals surface area contributed by atoms with E-state index >= 15 is 0 Å². The second-order valence-corrected chi connectivity index (χ2v) is 8.36. The number of hydrogen-bond donors (Lipinski definition) is 1. The zero-order valence-electron chi connectivity index (χ0n) is 18.1. The standard InChI is InChI=1S/C25H21FN4O2S/c1-16-7-13-20(14-8-16)30-24(32)21-5-3-4-6-22(21)27-25(30)33-15-23(31)29-28-17(2)18-9-11-19(26)12-10-18/h3-14H,15H2,1-2H3,(H,29,31)/b28-17+. The van der Waals surface area contributed by atoms with Crippen molar-refractivity contribution in [1.29, 1.82) is 0 Å². The van der Waals surface area contributed by atoms with Crippen molar-refractivity contribution in [1.82, 2.24) is 15.0 Å². The number of amides is 1. The molecule has 0 aliphatic heterocycles. The van der Waals surface area contributed by atoms with Crippen LogP contribution in [0.4, 0.5) is 4.39 Å². The minimum atomic E-state index is -0.348. The van der Waals surface area contributed by atoms with Crippen LogP contribution >= 0.6 is 11.8 Å². The van der Waals surface area contributed by atoms with Crippen LogP contribution in [0.15, 0.2) is 87.8 Å². The van der Waals surface area contributed by atoms with Gasteiger partial charge in [0.1, 0.15) is 5.82 Å². The summed E-state index contributed by atoms with van der Waals surface area (Å²) in [6.45, 7) is 3.69. The zero-order valence-corrected chi connectivity index (χ0v) is 18.9. The summed E-state index contributed by atoms with van der Waals surface area (Å²) in [7, 11) is 0. The maximum absolute atomic E-state index is 13.2. The Morgan fingerprint density at radius 1 is 1.06 bits per heavy atom. The summed E-state index contributed by atoms with van der Waals surface area (Å²) in [5, 5.41) is 5.01. The Labute approximate surface area is 194 Å². The SMILES string of the molecule is C/C(=N\NC(=O)CSc1nc2ccccc2c(=O)n1-c1ccc(C)cc1)c1ccc(F)cc1. The smallest absolute Gasteiger partial charge is 0.266 e. The Kier molecular flexibility index (Phi) is 6.65. The van der Waals surface area contributed by atoms with Crippen molar-refractivity contribution in [2.24, 2.45) is 5.10 Å². The van der Waals surface area contributed by atoms with Gasteiger partial charge in [-0.3, -0.25) is 14.2 Å². The predicted octanol–water partition coefficient (Wildman–Crippen LogP) is 4.47. The average Bonchev–Trinajstić information content (AvgIpc) is 2.82. The first-order valence-electron chi connectivity index (χ1n) is 10.2. The third-order valence-corrected chi connectivity index (χ3v) is 5.92. The highest BCUT2D eigenvalue weighted by Gasteiger charge is 2.14. The van der Waals surface area contributed by atoms with Crippen molar-refractivity contribution in [2.75, 3.05) is 5.75 Å². The number of benzene rings is 3. The molecule has 1 amide bonds. The molecular formula is C25H21FN4O2S. The molecule has 0 bridgehead atoms. The number of rotatable bonds is 6. The van der Waals surface area contributed by atoms with Crippen molar-refractivity contribution >= 4 is 34.3 Å². The number of thioether (sulfide) groups is 1. The largest absolute Gasteiger partial charge is 0.272 e. The van der Waals surface area contributed by atoms with Gasteiger partial charge in [-0.05, 0) is 55.8 Å². The van der Waals surface area contributed by atoms with Gasteiger partial charge in [0.05, 0.1) is 28.1 Å². The maximum atomic E-state index is 13.2. The van der Waals surface area contributed by atoms with E-state index in [-0.39, 0.29) is 23.0 Å². The number of hydrogen-bond acceptors (Lipinski definition) is 5. The van der Waals surface area contributed by atoms with E-state index in [1.54, 1.807) is 37.3 Å². The number of carbonyl (C=O) groups is 1. The van der Waals surface area contributed by atoms with Gasteiger partial charge in [-0.25, -0.2) is 14.8 Å². The van der Waals surface area contributed by atoms with Gasteiger partial charge in [0.15, 0.2) is 5.16 Å². The van der Waals surface area contributed by atoms with Crippen LogP contribution in [0.3, 0.4) is 0 Å². The molecule has 0 radical (unpaired) electrons. The van der Waals surface area contributed by atoms with Crippen molar-refractivity contribution in [3.8, 4) is 5.69 Å². The summed E-state index contributed by atoms with van der Waals surface area (Å²) in [6.07, 6.45) is 0. The number of carbonyl (C=O) groups excluding carboxylic acids is 1.